The van der Waals surface area contributed by atoms with Gasteiger partial charge in [0.1, 0.15) is 5.75 Å². The Labute approximate surface area is 159 Å². The van der Waals surface area contributed by atoms with Gasteiger partial charge in [0, 0.05) is 36.8 Å². The first-order valence-corrected chi connectivity index (χ1v) is 10.1. The largest absolute Gasteiger partial charge is 0.483 e. The van der Waals surface area contributed by atoms with Crippen LogP contribution in [0.15, 0.2) is 42.5 Å². The van der Waals surface area contributed by atoms with Crippen molar-refractivity contribution >= 4 is 23.4 Å². The maximum absolute atomic E-state index is 12.2. The van der Waals surface area contributed by atoms with Crippen LogP contribution in [0.3, 0.4) is 0 Å². The number of nitrogens with one attached hydrogen (secondary N) is 1. The molecule has 0 atom stereocenters. The smallest absolute Gasteiger partial charge is 0.262 e. The highest BCUT2D eigenvalue weighted by Crippen LogP contribution is 2.19. The second-order valence-corrected chi connectivity index (χ2v) is 7.92. The lowest BCUT2D eigenvalue weighted by Gasteiger charge is -2.26. The van der Waals surface area contributed by atoms with Gasteiger partial charge in [-0.25, -0.2) is 0 Å². The second kappa shape index (κ2) is 9.10. The third-order valence-corrected chi connectivity index (χ3v) is 5.35. The third-order valence-electron chi connectivity index (χ3n) is 4.41. The Morgan fingerprint density at radius 3 is 2.73 bits per heavy atom. The molecule has 26 heavy (non-hydrogen) atoms. The van der Waals surface area contributed by atoms with E-state index in [0.29, 0.717) is 0 Å². The summed E-state index contributed by atoms with van der Waals surface area (Å²) in [6.45, 7) is 7.23. The van der Waals surface area contributed by atoms with Crippen molar-refractivity contribution in [2.75, 3.05) is 36.5 Å². The van der Waals surface area contributed by atoms with E-state index in [1.165, 1.54) is 22.6 Å². The maximum Gasteiger partial charge on any atom is 0.262 e. The molecule has 3 rings (SSSR count). The number of aryl methyl sites for hydroxylation is 2. The van der Waals surface area contributed by atoms with E-state index in [9.17, 15) is 4.79 Å². The van der Waals surface area contributed by atoms with Gasteiger partial charge in [0.15, 0.2) is 6.61 Å². The molecule has 0 saturated carbocycles. The van der Waals surface area contributed by atoms with Crippen molar-refractivity contribution in [3.63, 3.8) is 0 Å². The minimum absolute atomic E-state index is 0.0114. The molecule has 0 aliphatic carbocycles. The summed E-state index contributed by atoms with van der Waals surface area (Å²) in [5, 5.41) is 2.93. The molecule has 0 spiro atoms. The van der Waals surface area contributed by atoms with Crippen LogP contribution in [0.1, 0.15) is 16.7 Å². The predicted octanol–water partition coefficient (Wildman–Crippen LogP) is 3.87. The molecule has 1 aliphatic heterocycles. The zero-order valence-corrected chi connectivity index (χ0v) is 16.3. The molecular formula is C21H26N2O2S. The molecule has 5 heteroatoms. The van der Waals surface area contributed by atoms with Crippen molar-refractivity contribution < 1.29 is 9.53 Å². The van der Waals surface area contributed by atoms with Crippen molar-refractivity contribution in [3.05, 3.63) is 59.2 Å². The van der Waals surface area contributed by atoms with E-state index < -0.39 is 0 Å². The van der Waals surface area contributed by atoms with Crippen molar-refractivity contribution in [2.45, 2.75) is 20.4 Å². The van der Waals surface area contributed by atoms with Crippen LogP contribution in [0, 0.1) is 13.8 Å². The Balaban J connectivity index is 1.52. The summed E-state index contributed by atoms with van der Waals surface area (Å²) in [5.41, 5.74) is 4.27. The Morgan fingerprint density at radius 1 is 1.15 bits per heavy atom. The van der Waals surface area contributed by atoms with Crippen molar-refractivity contribution in [2.24, 2.45) is 0 Å². The summed E-state index contributed by atoms with van der Waals surface area (Å²) in [4.78, 5) is 14.7. The lowest BCUT2D eigenvalue weighted by molar-refractivity contribution is -0.118. The van der Waals surface area contributed by atoms with Crippen LogP contribution < -0.4 is 10.1 Å². The molecule has 4 nitrogen and oxygen atoms in total. The normalized spacial score (nSPS) is 14.8. The number of hydrogen-bond acceptors (Lipinski definition) is 4. The molecule has 1 N–H and O–H groups in total. The number of anilines is 1. The van der Waals surface area contributed by atoms with Gasteiger partial charge in [-0.15, -0.1) is 0 Å². The molecule has 1 amide bonds. The SMILES string of the molecule is Cc1ccc(OCC(=O)Nc2cccc(CN3CCSCC3)c2)c(C)c1. The Morgan fingerprint density at radius 2 is 1.96 bits per heavy atom. The van der Waals surface area contributed by atoms with Gasteiger partial charge in [-0.2, -0.15) is 11.8 Å². The highest BCUT2D eigenvalue weighted by molar-refractivity contribution is 7.99. The van der Waals surface area contributed by atoms with Gasteiger partial charge in [0.05, 0.1) is 0 Å². The fourth-order valence-corrected chi connectivity index (χ4v) is 4.05. The summed E-state index contributed by atoms with van der Waals surface area (Å²) in [6, 6.07) is 14.0. The average Bonchev–Trinajstić information content (AvgIpc) is 2.62. The topological polar surface area (TPSA) is 41.6 Å². The van der Waals surface area contributed by atoms with Gasteiger partial charge < -0.3 is 10.1 Å². The number of rotatable bonds is 6. The van der Waals surface area contributed by atoms with Gasteiger partial charge in [-0.3, -0.25) is 9.69 Å². The van der Waals surface area contributed by atoms with Crippen LogP contribution in [0.2, 0.25) is 0 Å². The second-order valence-electron chi connectivity index (χ2n) is 6.69. The number of thioether (sulfide) groups is 1. The highest BCUT2D eigenvalue weighted by Gasteiger charge is 2.11. The standard InChI is InChI=1S/C21H26N2O2S/c1-16-6-7-20(17(2)12-16)25-15-21(24)22-19-5-3-4-18(13-19)14-23-8-10-26-11-9-23/h3-7,12-13H,8-11,14-15H2,1-2H3,(H,22,24). The molecule has 2 aromatic carbocycles. The van der Waals surface area contributed by atoms with Crippen LogP contribution >= 0.6 is 11.8 Å². The fraction of sp³-hybridized carbons (Fsp3) is 0.381. The molecule has 1 saturated heterocycles. The quantitative estimate of drug-likeness (QED) is 0.838. The van der Waals surface area contributed by atoms with E-state index in [1.807, 2.05) is 49.9 Å². The van der Waals surface area contributed by atoms with Crippen LogP contribution in [-0.4, -0.2) is 42.0 Å². The van der Waals surface area contributed by atoms with E-state index in [2.05, 4.69) is 28.4 Å². The van der Waals surface area contributed by atoms with E-state index in [-0.39, 0.29) is 12.5 Å². The summed E-state index contributed by atoms with van der Waals surface area (Å²) in [7, 11) is 0. The Hall–Kier alpha value is -1.98. The van der Waals surface area contributed by atoms with Crippen LogP contribution in [0.4, 0.5) is 5.69 Å². The first kappa shape index (κ1) is 18.8. The zero-order valence-electron chi connectivity index (χ0n) is 15.5. The maximum atomic E-state index is 12.2. The molecular weight excluding hydrogens is 344 g/mol. The highest BCUT2D eigenvalue weighted by atomic mass is 32.2. The van der Waals surface area contributed by atoms with Gasteiger partial charge in [0.2, 0.25) is 0 Å². The fourth-order valence-electron chi connectivity index (χ4n) is 3.07. The molecule has 0 aromatic heterocycles. The number of nitrogens with zero attached hydrogens (tertiary/aromatic N) is 1. The van der Waals surface area contributed by atoms with Crippen LogP contribution in [-0.2, 0) is 11.3 Å². The summed E-state index contributed by atoms with van der Waals surface area (Å²) < 4.78 is 5.65. The Kier molecular flexibility index (Phi) is 6.58. The van der Waals surface area contributed by atoms with E-state index in [0.717, 1.165) is 36.6 Å². The van der Waals surface area contributed by atoms with Crippen molar-refractivity contribution in [3.8, 4) is 5.75 Å². The number of carbonyl (C=O) groups is 1. The van der Waals surface area contributed by atoms with Crippen LogP contribution in [0.25, 0.3) is 0 Å². The minimum Gasteiger partial charge on any atom is -0.483 e. The number of carbonyl (C=O) groups excluding carboxylic acids is 1. The van der Waals surface area contributed by atoms with Crippen molar-refractivity contribution in [1.82, 2.24) is 4.90 Å². The van der Waals surface area contributed by atoms with Gasteiger partial charge in [0.25, 0.3) is 5.91 Å². The third kappa shape index (κ3) is 5.51. The monoisotopic (exact) mass is 370 g/mol. The first-order valence-electron chi connectivity index (χ1n) is 8.99. The van der Waals surface area contributed by atoms with E-state index >= 15 is 0 Å². The first-order chi connectivity index (χ1) is 12.6. The zero-order chi connectivity index (χ0) is 18.4. The molecule has 1 fully saturated rings. The van der Waals surface area contributed by atoms with E-state index in [4.69, 9.17) is 4.74 Å². The molecule has 0 bridgehead atoms. The molecule has 0 radical (unpaired) electrons. The predicted molar refractivity (Wildman–Crippen MR) is 109 cm³/mol. The van der Waals surface area contributed by atoms with E-state index in [1.54, 1.807) is 0 Å². The average molecular weight is 371 g/mol. The lowest BCUT2D eigenvalue weighted by Crippen LogP contribution is -2.32. The number of benzene rings is 2. The lowest BCUT2D eigenvalue weighted by atomic mass is 10.1. The summed E-state index contributed by atoms with van der Waals surface area (Å²) in [6.07, 6.45) is 0. The van der Waals surface area contributed by atoms with Gasteiger partial charge in [-0.05, 0) is 43.2 Å². The molecule has 0 unspecified atom stereocenters. The summed E-state index contributed by atoms with van der Waals surface area (Å²) in [5.74, 6) is 3.01. The number of hydrogen-bond donors (Lipinski definition) is 1. The molecule has 138 valence electrons. The number of ether oxygens (including phenoxy) is 1. The number of amides is 1. The minimum atomic E-state index is -0.142. The van der Waals surface area contributed by atoms with Gasteiger partial charge >= 0.3 is 0 Å². The van der Waals surface area contributed by atoms with Crippen LogP contribution in [0.5, 0.6) is 5.75 Å². The molecule has 1 heterocycles. The molecule has 1 aliphatic rings. The van der Waals surface area contributed by atoms with Crippen molar-refractivity contribution in [1.29, 1.82) is 0 Å². The Bertz CT molecular complexity index is 757. The molecule has 2 aromatic rings. The van der Waals surface area contributed by atoms with Gasteiger partial charge in [-0.1, -0.05) is 29.8 Å². The summed E-state index contributed by atoms with van der Waals surface area (Å²) >= 11 is 2.01.